The number of aromatic nitrogens is 1. The predicted octanol–water partition coefficient (Wildman–Crippen LogP) is 1.03. The number of aliphatic hydroxyl groups excluding tert-OH is 1. The van der Waals surface area contributed by atoms with Crippen molar-refractivity contribution in [2.75, 3.05) is 7.11 Å². The van der Waals surface area contributed by atoms with E-state index in [-0.39, 0.29) is 5.69 Å². The van der Waals surface area contributed by atoms with Gasteiger partial charge in [0.05, 0.1) is 7.11 Å². The molecule has 0 radical (unpaired) electrons. The van der Waals surface area contributed by atoms with E-state index >= 15 is 0 Å². The number of ether oxygens (including phenoxy) is 1. The zero-order valence-electron chi connectivity index (χ0n) is 8.01. The van der Waals surface area contributed by atoms with Crippen LogP contribution in [0.1, 0.15) is 11.8 Å². The Hall–Kier alpha value is -1.88. The van der Waals surface area contributed by atoms with Crippen molar-refractivity contribution in [1.82, 2.24) is 5.16 Å². The Morgan fingerprint density at radius 1 is 1.53 bits per heavy atom. The third kappa shape index (κ3) is 1.57. The van der Waals surface area contributed by atoms with Crippen LogP contribution in [0.2, 0.25) is 0 Å². The minimum absolute atomic E-state index is 0.178. The molecular formula is C10H9NO4. The van der Waals surface area contributed by atoms with E-state index < -0.39 is 12.1 Å². The summed E-state index contributed by atoms with van der Waals surface area (Å²) in [5.41, 5.74) is 0.702. The van der Waals surface area contributed by atoms with Crippen LogP contribution in [-0.4, -0.2) is 23.3 Å². The molecule has 1 N–H and O–H groups in total. The normalized spacial score (nSPS) is 12.7. The number of carbonyl (C=O) groups excluding carboxylic acids is 1. The number of esters is 1. The van der Waals surface area contributed by atoms with Crippen LogP contribution in [0.3, 0.4) is 0 Å². The number of aliphatic hydroxyl groups is 1. The lowest BCUT2D eigenvalue weighted by molar-refractivity contribution is -0.151. The van der Waals surface area contributed by atoms with Gasteiger partial charge in [0.1, 0.15) is 5.69 Å². The molecule has 0 amide bonds. The summed E-state index contributed by atoms with van der Waals surface area (Å²) >= 11 is 0. The number of fused-ring (bicyclic) bond motifs is 1. The monoisotopic (exact) mass is 207 g/mol. The number of rotatable bonds is 2. The summed E-state index contributed by atoms with van der Waals surface area (Å²) in [5.74, 6) is -0.756. The lowest BCUT2D eigenvalue weighted by Gasteiger charge is -2.03. The average molecular weight is 207 g/mol. The first-order valence-electron chi connectivity index (χ1n) is 4.34. The summed E-state index contributed by atoms with van der Waals surface area (Å²) in [6.45, 7) is 0. The summed E-state index contributed by atoms with van der Waals surface area (Å²) < 4.78 is 9.36. The molecule has 0 aliphatic heterocycles. The van der Waals surface area contributed by atoms with E-state index in [4.69, 9.17) is 4.52 Å². The second-order valence-electron chi connectivity index (χ2n) is 2.99. The summed E-state index contributed by atoms with van der Waals surface area (Å²) in [7, 11) is 1.20. The number of carbonyl (C=O) groups is 1. The fourth-order valence-corrected chi connectivity index (χ4v) is 1.33. The van der Waals surface area contributed by atoms with Gasteiger partial charge < -0.3 is 14.4 Å². The molecule has 1 heterocycles. The Morgan fingerprint density at radius 3 is 3.00 bits per heavy atom. The maximum atomic E-state index is 11.1. The summed E-state index contributed by atoms with van der Waals surface area (Å²) in [5, 5.41) is 13.8. The number of para-hydroxylation sites is 1. The highest BCUT2D eigenvalue weighted by Crippen LogP contribution is 2.23. The van der Waals surface area contributed by atoms with Gasteiger partial charge in [-0.3, -0.25) is 0 Å². The van der Waals surface area contributed by atoms with Crippen molar-refractivity contribution in [1.29, 1.82) is 0 Å². The lowest BCUT2D eigenvalue weighted by atomic mass is 10.1. The van der Waals surface area contributed by atoms with Gasteiger partial charge in [-0.15, -0.1) is 0 Å². The summed E-state index contributed by atoms with van der Waals surface area (Å²) in [6, 6.07) is 6.97. The second kappa shape index (κ2) is 3.70. The first-order valence-corrected chi connectivity index (χ1v) is 4.34. The van der Waals surface area contributed by atoms with E-state index in [1.807, 2.05) is 0 Å². The van der Waals surface area contributed by atoms with Crippen molar-refractivity contribution in [2.45, 2.75) is 6.10 Å². The lowest BCUT2D eigenvalue weighted by Crippen LogP contribution is -2.13. The molecule has 2 aromatic rings. The SMILES string of the molecule is COC(=O)C(O)c1noc2ccccc12. The molecule has 0 saturated carbocycles. The van der Waals surface area contributed by atoms with Crippen LogP contribution in [0.4, 0.5) is 0 Å². The molecule has 0 fully saturated rings. The number of methoxy groups -OCH3 is 1. The van der Waals surface area contributed by atoms with Crippen molar-refractivity contribution < 1.29 is 19.2 Å². The van der Waals surface area contributed by atoms with Crippen molar-refractivity contribution >= 4 is 16.9 Å². The standard InChI is InChI=1S/C10H9NO4/c1-14-10(13)9(12)8-6-4-2-3-5-7(6)15-11-8/h2-5,9,12H,1H3. The van der Waals surface area contributed by atoms with Gasteiger partial charge in [-0.25, -0.2) is 4.79 Å². The van der Waals surface area contributed by atoms with Gasteiger partial charge >= 0.3 is 5.97 Å². The third-order valence-electron chi connectivity index (χ3n) is 2.09. The van der Waals surface area contributed by atoms with E-state index in [1.165, 1.54) is 7.11 Å². The Kier molecular flexibility index (Phi) is 2.39. The van der Waals surface area contributed by atoms with Crippen molar-refractivity contribution in [3.05, 3.63) is 30.0 Å². The summed E-state index contributed by atoms with van der Waals surface area (Å²) in [4.78, 5) is 11.1. The van der Waals surface area contributed by atoms with Crippen LogP contribution >= 0.6 is 0 Å². The van der Waals surface area contributed by atoms with Gasteiger partial charge in [-0.05, 0) is 12.1 Å². The van der Waals surface area contributed by atoms with Crippen molar-refractivity contribution in [3.8, 4) is 0 Å². The van der Waals surface area contributed by atoms with E-state index in [0.29, 0.717) is 11.0 Å². The molecule has 0 spiro atoms. The van der Waals surface area contributed by atoms with Crippen LogP contribution in [-0.2, 0) is 9.53 Å². The van der Waals surface area contributed by atoms with Crippen LogP contribution in [0.25, 0.3) is 11.0 Å². The highest BCUT2D eigenvalue weighted by Gasteiger charge is 2.24. The third-order valence-corrected chi connectivity index (χ3v) is 2.09. The molecule has 1 unspecified atom stereocenters. The van der Waals surface area contributed by atoms with E-state index in [9.17, 15) is 9.90 Å². The molecule has 1 atom stereocenters. The van der Waals surface area contributed by atoms with Crippen molar-refractivity contribution in [3.63, 3.8) is 0 Å². The molecule has 1 aromatic carbocycles. The molecule has 2 rings (SSSR count). The molecule has 0 aliphatic rings. The van der Waals surface area contributed by atoms with Gasteiger partial charge in [-0.2, -0.15) is 0 Å². The predicted molar refractivity (Wildman–Crippen MR) is 51.0 cm³/mol. The molecular weight excluding hydrogens is 198 g/mol. The van der Waals surface area contributed by atoms with Crippen LogP contribution in [0.5, 0.6) is 0 Å². The molecule has 0 aliphatic carbocycles. The highest BCUT2D eigenvalue weighted by atomic mass is 16.5. The molecule has 78 valence electrons. The maximum Gasteiger partial charge on any atom is 0.341 e. The fourth-order valence-electron chi connectivity index (χ4n) is 1.33. The van der Waals surface area contributed by atoms with Gasteiger partial charge in [0, 0.05) is 5.39 Å². The van der Waals surface area contributed by atoms with E-state index in [0.717, 1.165) is 0 Å². The second-order valence-corrected chi connectivity index (χ2v) is 2.99. The van der Waals surface area contributed by atoms with Crippen LogP contribution in [0.15, 0.2) is 28.8 Å². The van der Waals surface area contributed by atoms with Gasteiger partial charge in [0.25, 0.3) is 0 Å². The van der Waals surface area contributed by atoms with Gasteiger partial charge in [0.15, 0.2) is 11.7 Å². The number of hydrogen-bond donors (Lipinski definition) is 1. The zero-order chi connectivity index (χ0) is 10.8. The quantitative estimate of drug-likeness (QED) is 0.744. The molecule has 15 heavy (non-hydrogen) atoms. The molecule has 5 heteroatoms. The van der Waals surface area contributed by atoms with E-state index in [2.05, 4.69) is 9.89 Å². The molecule has 0 bridgehead atoms. The van der Waals surface area contributed by atoms with Crippen molar-refractivity contribution in [2.24, 2.45) is 0 Å². The average Bonchev–Trinajstić information content (AvgIpc) is 2.70. The molecule has 5 nitrogen and oxygen atoms in total. The largest absolute Gasteiger partial charge is 0.467 e. The van der Waals surface area contributed by atoms with Crippen LogP contribution < -0.4 is 0 Å². The minimum Gasteiger partial charge on any atom is -0.467 e. The first kappa shape index (κ1) is 9.67. The topological polar surface area (TPSA) is 72.6 Å². The Morgan fingerprint density at radius 2 is 2.27 bits per heavy atom. The highest BCUT2D eigenvalue weighted by molar-refractivity contribution is 5.85. The van der Waals surface area contributed by atoms with Gasteiger partial charge in [-0.1, -0.05) is 17.3 Å². The molecule has 0 saturated heterocycles. The maximum absolute atomic E-state index is 11.1. The summed E-state index contributed by atoms with van der Waals surface area (Å²) in [6.07, 6.45) is -1.40. The Labute approximate surface area is 85.2 Å². The number of nitrogens with zero attached hydrogens (tertiary/aromatic N) is 1. The van der Waals surface area contributed by atoms with E-state index in [1.54, 1.807) is 24.3 Å². The van der Waals surface area contributed by atoms with Crippen LogP contribution in [0, 0.1) is 0 Å². The first-order chi connectivity index (χ1) is 7.24. The minimum atomic E-state index is -1.40. The zero-order valence-corrected chi connectivity index (χ0v) is 8.01. The number of hydrogen-bond acceptors (Lipinski definition) is 5. The number of benzene rings is 1. The van der Waals surface area contributed by atoms with Gasteiger partial charge in [0.2, 0.25) is 0 Å². The smallest absolute Gasteiger partial charge is 0.341 e. The fraction of sp³-hybridized carbons (Fsp3) is 0.200. The Bertz CT molecular complexity index is 491. The molecule has 1 aromatic heterocycles. The Balaban J connectivity index is 2.48.